The normalized spacial score (nSPS) is 14.0. The molecule has 0 saturated heterocycles. The molecule has 0 radical (unpaired) electrons. The van der Waals surface area contributed by atoms with E-state index in [1.807, 2.05) is 17.4 Å². The number of alkyl halides is 1. The van der Waals surface area contributed by atoms with Gasteiger partial charge in [0.1, 0.15) is 0 Å². The van der Waals surface area contributed by atoms with Gasteiger partial charge >= 0.3 is 0 Å². The highest BCUT2D eigenvalue weighted by Gasteiger charge is 2.19. The third-order valence-electron chi connectivity index (χ3n) is 2.45. The fourth-order valence-corrected chi connectivity index (χ4v) is 3.24. The monoisotopic (exact) mass is 298 g/mol. The predicted molar refractivity (Wildman–Crippen MR) is 72.5 cm³/mol. The highest BCUT2D eigenvalue weighted by molar-refractivity contribution is 9.09. The summed E-state index contributed by atoms with van der Waals surface area (Å²) in [6, 6.07) is 6.40. The number of thiophene rings is 1. The van der Waals surface area contributed by atoms with Crippen LogP contribution in [-0.2, 0) is 5.41 Å². The van der Waals surface area contributed by atoms with Gasteiger partial charge in [0.25, 0.3) is 0 Å². The summed E-state index contributed by atoms with van der Waals surface area (Å²) in [6.45, 7) is 6.72. The second-order valence-electron chi connectivity index (χ2n) is 4.87. The molecular weight excluding hydrogens is 284 g/mol. The quantitative estimate of drug-likeness (QED) is 0.701. The van der Waals surface area contributed by atoms with Gasteiger partial charge in [0.2, 0.25) is 0 Å². The van der Waals surface area contributed by atoms with Crippen molar-refractivity contribution in [1.82, 2.24) is 0 Å². The zero-order valence-corrected chi connectivity index (χ0v) is 12.1. The molecule has 0 aliphatic rings. The molecule has 1 nitrogen and oxygen atoms in total. The van der Waals surface area contributed by atoms with Gasteiger partial charge in [-0.3, -0.25) is 0 Å². The minimum absolute atomic E-state index is 0.228. The molecule has 0 fully saturated rings. The van der Waals surface area contributed by atoms with Crippen molar-refractivity contribution in [1.29, 1.82) is 0 Å². The first-order valence-corrected chi connectivity index (χ1v) is 6.98. The van der Waals surface area contributed by atoms with E-state index in [1.54, 1.807) is 12.5 Å². The molecule has 0 aromatic carbocycles. The molecule has 0 saturated carbocycles. The van der Waals surface area contributed by atoms with Crippen molar-refractivity contribution in [2.24, 2.45) is 0 Å². The molecule has 0 spiro atoms. The first-order chi connectivity index (χ1) is 7.48. The van der Waals surface area contributed by atoms with Crippen molar-refractivity contribution in [2.75, 3.05) is 0 Å². The van der Waals surface area contributed by atoms with E-state index >= 15 is 0 Å². The smallest absolute Gasteiger partial charge is 0.0949 e. The number of rotatable bonds is 2. The number of hydrogen-bond acceptors (Lipinski definition) is 2. The lowest BCUT2D eigenvalue weighted by Crippen LogP contribution is -2.07. The fourth-order valence-electron chi connectivity index (χ4n) is 1.48. The number of hydrogen-bond donors (Lipinski definition) is 0. The van der Waals surface area contributed by atoms with Crippen molar-refractivity contribution in [3.8, 4) is 0 Å². The van der Waals surface area contributed by atoms with Crippen LogP contribution in [0.2, 0.25) is 0 Å². The van der Waals surface area contributed by atoms with Crippen molar-refractivity contribution < 1.29 is 4.42 Å². The van der Waals surface area contributed by atoms with Crippen LogP contribution in [-0.4, -0.2) is 0 Å². The van der Waals surface area contributed by atoms with Crippen molar-refractivity contribution in [3.05, 3.63) is 46.0 Å². The molecule has 86 valence electrons. The third-order valence-corrected chi connectivity index (χ3v) is 5.35. The van der Waals surface area contributed by atoms with Crippen LogP contribution in [0.1, 0.15) is 40.9 Å². The van der Waals surface area contributed by atoms with Crippen molar-refractivity contribution >= 4 is 27.3 Å². The average molecular weight is 299 g/mol. The minimum Gasteiger partial charge on any atom is -0.472 e. The summed E-state index contributed by atoms with van der Waals surface area (Å²) >= 11 is 5.56. The Hall–Kier alpha value is -0.540. The molecule has 2 aromatic heterocycles. The van der Waals surface area contributed by atoms with Crippen LogP contribution in [0.15, 0.2) is 35.1 Å². The molecule has 16 heavy (non-hydrogen) atoms. The van der Waals surface area contributed by atoms with Gasteiger partial charge in [0.05, 0.1) is 17.4 Å². The van der Waals surface area contributed by atoms with Crippen LogP contribution in [0.4, 0.5) is 0 Å². The molecule has 0 N–H and O–H groups in total. The lowest BCUT2D eigenvalue weighted by molar-refractivity contribution is 0.564. The molecule has 0 amide bonds. The summed E-state index contributed by atoms with van der Waals surface area (Å²) in [4.78, 5) is 2.98. The zero-order valence-electron chi connectivity index (χ0n) is 9.66. The number of halogens is 1. The van der Waals surface area contributed by atoms with E-state index in [4.69, 9.17) is 4.42 Å². The first kappa shape index (κ1) is 11.9. The van der Waals surface area contributed by atoms with Crippen LogP contribution in [0.25, 0.3) is 0 Å². The predicted octanol–water partition coefficient (Wildman–Crippen LogP) is 5.12. The van der Waals surface area contributed by atoms with Gasteiger partial charge in [0.15, 0.2) is 0 Å². The summed E-state index contributed by atoms with van der Waals surface area (Å²) in [7, 11) is 0. The Morgan fingerprint density at radius 2 is 2.00 bits per heavy atom. The van der Waals surface area contributed by atoms with Crippen LogP contribution < -0.4 is 0 Å². The highest BCUT2D eigenvalue weighted by atomic mass is 79.9. The van der Waals surface area contributed by atoms with Gasteiger partial charge in [-0.2, -0.15) is 0 Å². The molecule has 3 heteroatoms. The van der Waals surface area contributed by atoms with Gasteiger partial charge < -0.3 is 4.42 Å². The summed E-state index contributed by atoms with van der Waals surface area (Å²) in [5.74, 6) is 0. The SMILES string of the molecule is CC(C)(C)c1ccc(C(Br)c2ccoc2)s1. The second kappa shape index (κ2) is 4.38. The summed E-state index contributed by atoms with van der Waals surface area (Å²) in [5, 5.41) is 0. The van der Waals surface area contributed by atoms with E-state index in [2.05, 4.69) is 48.8 Å². The Morgan fingerprint density at radius 3 is 2.50 bits per heavy atom. The Kier molecular flexibility index (Phi) is 3.27. The largest absolute Gasteiger partial charge is 0.472 e. The van der Waals surface area contributed by atoms with Crippen LogP contribution >= 0.6 is 27.3 Å². The van der Waals surface area contributed by atoms with E-state index in [0.29, 0.717) is 0 Å². The summed E-state index contributed by atoms with van der Waals surface area (Å²) < 4.78 is 5.11. The Labute approximate surface area is 109 Å². The van der Waals surface area contributed by atoms with E-state index < -0.39 is 0 Å². The highest BCUT2D eigenvalue weighted by Crippen LogP contribution is 2.38. The second-order valence-corrected chi connectivity index (χ2v) is 6.90. The Morgan fingerprint density at radius 1 is 1.25 bits per heavy atom. The standard InChI is InChI=1S/C13H15BrOS/c1-13(2,3)11-5-4-10(16-11)12(14)9-6-7-15-8-9/h4-8,12H,1-3H3. The molecule has 2 aromatic rings. The maximum Gasteiger partial charge on any atom is 0.0949 e. The molecule has 1 unspecified atom stereocenters. The van der Waals surface area contributed by atoms with E-state index in [-0.39, 0.29) is 10.2 Å². The summed E-state index contributed by atoms with van der Waals surface area (Å²) in [6.07, 6.45) is 3.50. The van der Waals surface area contributed by atoms with Crippen molar-refractivity contribution in [2.45, 2.75) is 31.0 Å². The summed E-state index contributed by atoms with van der Waals surface area (Å²) in [5.41, 5.74) is 1.40. The Balaban J connectivity index is 2.26. The van der Waals surface area contributed by atoms with E-state index in [1.165, 1.54) is 15.3 Å². The Bertz CT molecular complexity index is 450. The molecule has 0 aliphatic carbocycles. The van der Waals surface area contributed by atoms with Crippen LogP contribution in [0.3, 0.4) is 0 Å². The molecular formula is C13H15BrOS. The lowest BCUT2D eigenvalue weighted by atomic mass is 9.95. The van der Waals surface area contributed by atoms with Gasteiger partial charge in [-0.05, 0) is 23.6 Å². The lowest BCUT2D eigenvalue weighted by Gasteiger charge is -2.15. The molecule has 0 aliphatic heterocycles. The molecule has 2 heterocycles. The topological polar surface area (TPSA) is 13.1 Å². The van der Waals surface area contributed by atoms with Crippen molar-refractivity contribution in [3.63, 3.8) is 0 Å². The molecule has 2 rings (SSSR count). The average Bonchev–Trinajstić information content (AvgIpc) is 2.87. The molecule has 1 atom stereocenters. The van der Waals surface area contributed by atoms with E-state index in [0.717, 1.165) is 0 Å². The fraction of sp³-hybridized carbons (Fsp3) is 0.385. The molecule has 0 bridgehead atoms. The van der Waals surface area contributed by atoms with Crippen LogP contribution in [0.5, 0.6) is 0 Å². The van der Waals surface area contributed by atoms with Gasteiger partial charge in [-0.25, -0.2) is 0 Å². The van der Waals surface area contributed by atoms with Gasteiger partial charge in [0, 0.05) is 15.3 Å². The van der Waals surface area contributed by atoms with E-state index in [9.17, 15) is 0 Å². The third kappa shape index (κ3) is 2.41. The van der Waals surface area contributed by atoms with Gasteiger partial charge in [-0.15, -0.1) is 11.3 Å². The maximum absolute atomic E-state index is 5.11. The zero-order chi connectivity index (χ0) is 11.8. The number of furan rings is 1. The minimum atomic E-state index is 0.228. The van der Waals surface area contributed by atoms with Crippen LogP contribution in [0, 0.1) is 0 Å². The van der Waals surface area contributed by atoms with Gasteiger partial charge in [-0.1, -0.05) is 36.7 Å². The first-order valence-electron chi connectivity index (χ1n) is 5.25. The maximum atomic E-state index is 5.11.